The fourth-order valence-electron chi connectivity index (χ4n) is 1.57. The van der Waals surface area contributed by atoms with Gasteiger partial charge in [-0.2, -0.15) is 0 Å². The van der Waals surface area contributed by atoms with Gasteiger partial charge in [0, 0.05) is 38.0 Å². The minimum absolute atomic E-state index is 0.135. The van der Waals surface area contributed by atoms with Crippen molar-refractivity contribution in [3.05, 3.63) is 12.2 Å². The van der Waals surface area contributed by atoms with Crippen LogP contribution in [0.5, 0.6) is 0 Å². The minimum atomic E-state index is -0.571. The number of amides is 4. The predicted octanol–water partition coefficient (Wildman–Crippen LogP) is -0.0651. The van der Waals surface area contributed by atoms with E-state index in [9.17, 15) is 24.0 Å². The average Bonchev–Trinajstić information content (AvgIpc) is 2.95. The Morgan fingerprint density at radius 1 is 1.05 bits per heavy atom. The van der Waals surface area contributed by atoms with Crippen molar-refractivity contribution in [1.29, 1.82) is 0 Å². The van der Waals surface area contributed by atoms with Crippen LogP contribution < -0.4 is 0 Å². The number of hydrogen-bond donors (Lipinski definition) is 0. The molecule has 0 bridgehead atoms. The van der Waals surface area contributed by atoms with Gasteiger partial charge in [-0.25, -0.2) is 4.79 Å². The first-order valence-electron chi connectivity index (χ1n) is 6.50. The summed E-state index contributed by atoms with van der Waals surface area (Å²) < 4.78 is 0. The maximum Gasteiger partial charge on any atom is 0.332 e. The molecule has 0 N–H and O–H groups in total. The average molecular weight is 296 g/mol. The molecule has 2 aliphatic heterocycles. The second-order valence-electron chi connectivity index (χ2n) is 4.15. The Kier molecular flexibility index (Phi) is 5.77. The monoisotopic (exact) mass is 296 g/mol. The molecule has 0 aromatic rings. The molecule has 0 aromatic heterocycles. The highest BCUT2D eigenvalue weighted by Crippen LogP contribution is 2.12. The molecule has 4 amide bonds. The van der Waals surface area contributed by atoms with Crippen LogP contribution in [0.3, 0.4) is 0 Å². The Balaban J connectivity index is 0.000000219. The summed E-state index contributed by atoms with van der Waals surface area (Å²) in [7, 11) is 0. The molecule has 0 spiro atoms. The van der Waals surface area contributed by atoms with Crippen LogP contribution in [0.1, 0.15) is 33.1 Å². The lowest BCUT2D eigenvalue weighted by Crippen LogP contribution is -2.31. The summed E-state index contributed by atoms with van der Waals surface area (Å²) in [6, 6.07) is 0. The first kappa shape index (κ1) is 16.5. The largest absolute Gasteiger partial charge is 0.332 e. The highest BCUT2D eigenvalue weighted by Gasteiger charge is 2.32. The highest BCUT2D eigenvalue weighted by molar-refractivity contribution is 6.12. The number of hydroxylamine groups is 2. The molecule has 21 heavy (non-hydrogen) atoms. The van der Waals surface area contributed by atoms with Crippen LogP contribution in [0.15, 0.2) is 12.2 Å². The Hall–Kier alpha value is -2.51. The summed E-state index contributed by atoms with van der Waals surface area (Å²) in [5.41, 5.74) is 0. The third-order valence-corrected chi connectivity index (χ3v) is 2.70. The number of carbonyl (C=O) groups excluding carboxylic acids is 5. The van der Waals surface area contributed by atoms with E-state index in [0.29, 0.717) is 11.6 Å². The number of imide groups is 2. The van der Waals surface area contributed by atoms with Crippen LogP contribution in [0, 0.1) is 0 Å². The van der Waals surface area contributed by atoms with Crippen molar-refractivity contribution >= 4 is 29.6 Å². The van der Waals surface area contributed by atoms with Crippen LogP contribution in [-0.2, 0) is 28.8 Å². The predicted molar refractivity (Wildman–Crippen MR) is 69.0 cm³/mol. The van der Waals surface area contributed by atoms with E-state index in [1.54, 1.807) is 13.8 Å². The van der Waals surface area contributed by atoms with Crippen molar-refractivity contribution in [3.8, 4) is 0 Å². The van der Waals surface area contributed by atoms with E-state index in [1.807, 2.05) is 0 Å². The Morgan fingerprint density at radius 3 is 1.86 bits per heavy atom. The smallest absolute Gasteiger partial charge is 0.330 e. The van der Waals surface area contributed by atoms with E-state index >= 15 is 0 Å². The van der Waals surface area contributed by atoms with Crippen LogP contribution in [0.2, 0.25) is 0 Å². The molecular formula is C13H16N2O6. The van der Waals surface area contributed by atoms with E-state index in [-0.39, 0.29) is 31.1 Å². The molecule has 0 aliphatic carbocycles. The molecule has 8 heteroatoms. The lowest BCUT2D eigenvalue weighted by atomic mass is 10.4. The van der Waals surface area contributed by atoms with Crippen molar-refractivity contribution in [2.45, 2.75) is 33.1 Å². The maximum atomic E-state index is 10.9. The van der Waals surface area contributed by atoms with Gasteiger partial charge < -0.3 is 4.84 Å². The molecule has 0 saturated carbocycles. The lowest BCUT2D eigenvalue weighted by Gasteiger charge is -2.10. The highest BCUT2D eigenvalue weighted by atomic mass is 16.7. The van der Waals surface area contributed by atoms with Crippen LogP contribution >= 0.6 is 0 Å². The normalized spacial score (nSPS) is 17.2. The van der Waals surface area contributed by atoms with Gasteiger partial charge in [-0.1, -0.05) is 6.92 Å². The molecule has 1 fully saturated rings. The quantitative estimate of drug-likeness (QED) is 0.676. The second-order valence-corrected chi connectivity index (χ2v) is 4.15. The van der Waals surface area contributed by atoms with Gasteiger partial charge in [0.2, 0.25) is 0 Å². The molecule has 2 aliphatic rings. The first-order valence-corrected chi connectivity index (χ1v) is 6.50. The molecule has 0 aromatic carbocycles. The van der Waals surface area contributed by atoms with Crippen molar-refractivity contribution < 1.29 is 28.8 Å². The molecule has 0 radical (unpaired) electrons. The Labute approximate surface area is 121 Å². The van der Waals surface area contributed by atoms with Gasteiger partial charge in [-0.3, -0.25) is 24.1 Å². The van der Waals surface area contributed by atoms with Crippen molar-refractivity contribution in [3.63, 3.8) is 0 Å². The van der Waals surface area contributed by atoms with Crippen molar-refractivity contribution in [2.75, 3.05) is 6.54 Å². The molecule has 8 nitrogen and oxygen atoms in total. The molecule has 0 atom stereocenters. The first-order chi connectivity index (χ1) is 9.90. The standard InChI is InChI=1S/C7H9NO4.C6H7NO2/c1-2-7(11)12-8-5(9)3-4-6(8)10;1-2-7-5(8)3-4-6(7)9/h2-4H2,1H3;3-4H,2H2,1H3. The van der Waals surface area contributed by atoms with E-state index in [0.717, 1.165) is 0 Å². The molecule has 0 unspecified atom stereocenters. The third-order valence-electron chi connectivity index (χ3n) is 2.70. The second kappa shape index (κ2) is 7.32. The fourth-order valence-corrected chi connectivity index (χ4v) is 1.57. The number of nitrogens with zero attached hydrogens (tertiary/aromatic N) is 2. The van der Waals surface area contributed by atoms with Gasteiger partial charge in [0.05, 0.1) is 0 Å². The van der Waals surface area contributed by atoms with E-state index in [1.165, 1.54) is 17.1 Å². The third kappa shape index (κ3) is 4.23. The number of carbonyl (C=O) groups is 5. The van der Waals surface area contributed by atoms with Gasteiger partial charge in [0.25, 0.3) is 23.6 Å². The summed E-state index contributed by atoms with van der Waals surface area (Å²) in [5, 5.41) is 0.547. The molecular weight excluding hydrogens is 280 g/mol. The van der Waals surface area contributed by atoms with E-state index < -0.39 is 17.8 Å². The number of hydrogen-bond acceptors (Lipinski definition) is 6. The topological polar surface area (TPSA) is 101 Å². The molecule has 2 rings (SSSR count). The number of rotatable bonds is 3. The molecule has 2 heterocycles. The van der Waals surface area contributed by atoms with E-state index in [2.05, 4.69) is 4.84 Å². The fraction of sp³-hybridized carbons (Fsp3) is 0.462. The van der Waals surface area contributed by atoms with Crippen LogP contribution in [0.4, 0.5) is 0 Å². The zero-order valence-corrected chi connectivity index (χ0v) is 11.8. The van der Waals surface area contributed by atoms with Crippen molar-refractivity contribution in [2.24, 2.45) is 0 Å². The van der Waals surface area contributed by atoms with Crippen molar-refractivity contribution in [1.82, 2.24) is 9.96 Å². The van der Waals surface area contributed by atoms with Gasteiger partial charge in [-0.05, 0) is 6.92 Å². The van der Waals surface area contributed by atoms with Gasteiger partial charge in [0.15, 0.2) is 0 Å². The van der Waals surface area contributed by atoms with Gasteiger partial charge >= 0.3 is 5.97 Å². The van der Waals surface area contributed by atoms with Crippen LogP contribution in [0.25, 0.3) is 0 Å². The summed E-state index contributed by atoms with van der Waals surface area (Å²) >= 11 is 0. The minimum Gasteiger partial charge on any atom is -0.330 e. The van der Waals surface area contributed by atoms with Gasteiger partial charge in [0.1, 0.15) is 0 Å². The zero-order chi connectivity index (χ0) is 16.0. The molecule has 114 valence electrons. The summed E-state index contributed by atoms with van der Waals surface area (Å²) in [5.74, 6) is -1.87. The van der Waals surface area contributed by atoms with Crippen LogP contribution in [-0.4, -0.2) is 46.1 Å². The lowest BCUT2D eigenvalue weighted by molar-refractivity contribution is -0.197. The van der Waals surface area contributed by atoms with E-state index in [4.69, 9.17) is 0 Å². The summed E-state index contributed by atoms with van der Waals surface area (Å²) in [6.07, 6.45) is 2.99. The Morgan fingerprint density at radius 2 is 1.52 bits per heavy atom. The zero-order valence-electron chi connectivity index (χ0n) is 11.8. The summed E-state index contributed by atoms with van der Waals surface area (Å²) in [6.45, 7) is 3.82. The summed E-state index contributed by atoms with van der Waals surface area (Å²) in [4.78, 5) is 59.3. The number of likely N-dealkylation sites (N-methyl/N-ethyl adjacent to an activating group) is 1. The Bertz CT molecular complexity index is 477. The molecule has 1 saturated heterocycles. The SMILES string of the molecule is CCC(=O)ON1C(=O)CCC1=O.CCN1C(=O)C=CC1=O. The van der Waals surface area contributed by atoms with Gasteiger partial charge in [-0.15, -0.1) is 5.06 Å². The maximum absolute atomic E-state index is 10.9.